The van der Waals surface area contributed by atoms with Crippen LogP contribution >= 0.6 is 0 Å². The fraction of sp³-hybridized carbons (Fsp3) is 0.222. The number of hydrogen-bond donors (Lipinski definition) is 1. The van der Waals surface area contributed by atoms with Crippen LogP contribution in [0.3, 0.4) is 0 Å². The first-order valence-electron chi connectivity index (χ1n) is 7.24. The molecule has 0 saturated heterocycles. The van der Waals surface area contributed by atoms with Gasteiger partial charge in [0.05, 0.1) is 0 Å². The minimum atomic E-state index is 0.101. The highest BCUT2D eigenvalue weighted by Crippen LogP contribution is 2.30. The molecule has 0 saturated carbocycles. The van der Waals surface area contributed by atoms with Gasteiger partial charge in [-0.1, -0.05) is 17.7 Å². The van der Waals surface area contributed by atoms with E-state index < -0.39 is 0 Å². The topological polar surface area (TPSA) is 34.2 Å². The molecular weight excluding hydrogens is 262 g/mol. The summed E-state index contributed by atoms with van der Waals surface area (Å²) in [6.45, 7) is 2.68. The van der Waals surface area contributed by atoms with Gasteiger partial charge in [0.25, 0.3) is 0 Å². The Bertz CT molecular complexity index is 791. The zero-order chi connectivity index (χ0) is 14.2. The Hall–Kier alpha value is -2.42. The Balaban J connectivity index is 1.43. The average molecular weight is 279 g/mol. The number of H-pyrrole nitrogens is 1. The number of ether oxygens (including phenoxy) is 2. The Morgan fingerprint density at radius 2 is 2.14 bits per heavy atom. The molecule has 4 rings (SSSR count). The molecule has 0 amide bonds. The minimum Gasteiger partial charge on any atom is -0.490 e. The summed E-state index contributed by atoms with van der Waals surface area (Å²) in [7, 11) is 0. The van der Waals surface area contributed by atoms with Crippen LogP contribution in [0.5, 0.6) is 11.5 Å². The van der Waals surface area contributed by atoms with Gasteiger partial charge in [-0.05, 0) is 42.8 Å². The number of rotatable bonds is 3. The molecule has 21 heavy (non-hydrogen) atoms. The van der Waals surface area contributed by atoms with E-state index >= 15 is 0 Å². The van der Waals surface area contributed by atoms with Gasteiger partial charge in [-0.3, -0.25) is 0 Å². The lowest BCUT2D eigenvalue weighted by molar-refractivity contribution is 0.148. The van der Waals surface area contributed by atoms with E-state index in [1.807, 2.05) is 24.4 Å². The van der Waals surface area contributed by atoms with Crippen LogP contribution in [-0.4, -0.2) is 17.7 Å². The predicted molar refractivity (Wildman–Crippen MR) is 83.1 cm³/mol. The van der Waals surface area contributed by atoms with Gasteiger partial charge in [-0.25, -0.2) is 0 Å². The first-order chi connectivity index (χ1) is 10.3. The molecule has 1 aliphatic rings. The van der Waals surface area contributed by atoms with Crippen molar-refractivity contribution >= 4 is 10.9 Å². The summed E-state index contributed by atoms with van der Waals surface area (Å²) in [5.74, 6) is 1.88. The van der Waals surface area contributed by atoms with Crippen LogP contribution in [0.1, 0.15) is 11.1 Å². The standard InChI is InChI=1S/C18H17NO2/c1-12-2-5-18-14(8-12)10-16(21-18)11-20-15-3-4-17-13(9-15)6-7-19-17/h2-9,16,19H,10-11H2,1H3. The molecule has 1 unspecified atom stereocenters. The van der Waals surface area contributed by atoms with Crippen molar-refractivity contribution in [1.29, 1.82) is 0 Å². The molecule has 3 aromatic rings. The average Bonchev–Trinajstić information content (AvgIpc) is 3.09. The fourth-order valence-electron chi connectivity index (χ4n) is 2.85. The Morgan fingerprint density at radius 1 is 1.19 bits per heavy atom. The molecule has 2 heterocycles. The maximum Gasteiger partial charge on any atom is 0.137 e. The maximum absolute atomic E-state index is 5.92. The van der Waals surface area contributed by atoms with Gasteiger partial charge in [0.1, 0.15) is 24.2 Å². The van der Waals surface area contributed by atoms with Crippen molar-refractivity contribution in [3.63, 3.8) is 0 Å². The second-order valence-corrected chi connectivity index (χ2v) is 5.59. The highest BCUT2D eigenvalue weighted by atomic mass is 16.5. The SMILES string of the molecule is Cc1ccc2c(c1)CC(COc1ccc3[nH]ccc3c1)O2. The lowest BCUT2D eigenvalue weighted by Crippen LogP contribution is -2.22. The molecule has 0 fully saturated rings. The van der Waals surface area contributed by atoms with Crippen molar-refractivity contribution in [2.45, 2.75) is 19.4 Å². The summed E-state index contributed by atoms with van der Waals surface area (Å²) >= 11 is 0. The second kappa shape index (κ2) is 4.85. The van der Waals surface area contributed by atoms with Crippen molar-refractivity contribution in [2.75, 3.05) is 6.61 Å². The van der Waals surface area contributed by atoms with Gasteiger partial charge in [0.2, 0.25) is 0 Å². The van der Waals surface area contributed by atoms with E-state index in [0.717, 1.165) is 23.4 Å². The molecule has 1 N–H and O–H groups in total. The normalized spacial score (nSPS) is 16.7. The molecule has 3 nitrogen and oxygen atoms in total. The summed E-state index contributed by atoms with van der Waals surface area (Å²) in [4.78, 5) is 3.18. The van der Waals surface area contributed by atoms with Crippen LogP contribution in [0.15, 0.2) is 48.7 Å². The number of aromatic amines is 1. The van der Waals surface area contributed by atoms with Crippen molar-refractivity contribution in [1.82, 2.24) is 4.98 Å². The highest BCUT2D eigenvalue weighted by Gasteiger charge is 2.23. The van der Waals surface area contributed by atoms with E-state index in [4.69, 9.17) is 9.47 Å². The van der Waals surface area contributed by atoms with Crippen LogP contribution in [0, 0.1) is 6.92 Å². The third-order valence-electron chi connectivity index (χ3n) is 3.92. The third-order valence-corrected chi connectivity index (χ3v) is 3.92. The van der Waals surface area contributed by atoms with E-state index in [1.165, 1.54) is 16.5 Å². The summed E-state index contributed by atoms with van der Waals surface area (Å²) in [5.41, 5.74) is 3.68. The molecule has 0 radical (unpaired) electrons. The van der Waals surface area contributed by atoms with Gasteiger partial charge >= 0.3 is 0 Å². The monoisotopic (exact) mass is 279 g/mol. The zero-order valence-corrected chi connectivity index (χ0v) is 11.9. The fourth-order valence-corrected chi connectivity index (χ4v) is 2.85. The van der Waals surface area contributed by atoms with Gasteiger partial charge in [-0.15, -0.1) is 0 Å². The first kappa shape index (κ1) is 12.3. The predicted octanol–water partition coefficient (Wildman–Crippen LogP) is 3.86. The molecule has 1 aliphatic heterocycles. The summed E-state index contributed by atoms with van der Waals surface area (Å²) in [6.07, 6.45) is 2.96. The molecule has 0 aliphatic carbocycles. The Kier molecular flexibility index (Phi) is 2.85. The number of hydrogen-bond acceptors (Lipinski definition) is 2. The molecule has 1 atom stereocenters. The molecule has 3 heteroatoms. The van der Waals surface area contributed by atoms with Gasteiger partial charge in [0.15, 0.2) is 0 Å². The third kappa shape index (κ3) is 2.35. The molecule has 0 bridgehead atoms. The molecule has 1 aromatic heterocycles. The van der Waals surface area contributed by atoms with Crippen molar-refractivity contribution in [3.05, 3.63) is 59.8 Å². The molecular formula is C18H17NO2. The van der Waals surface area contributed by atoms with Gasteiger partial charge in [0, 0.05) is 23.5 Å². The summed E-state index contributed by atoms with van der Waals surface area (Å²) < 4.78 is 11.8. The number of aromatic nitrogens is 1. The Morgan fingerprint density at radius 3 is 3.10 bits per heavy atom. The number of aryl methyl sites for hydroxylation is 1. The lowest BCUT2D eigenvalue weighted by Gasteiger charge is -2.12. The molecule has 2 aromatic carbocycles. The van der Waals surface area contributed by atoms with Crippen molar-refractivity contribution in [2.24, 2.45) is 0 Å². The van der Waals surface area contributed by atoms with Crippen LogP contribution in [-0.2, 0) is 6.42 Å². The largest absolute Gasteiger partial charge is 0.490 e. The minimum absolute atomic E-state index is 0.101. The van der Waals surface area contributed by atoms with Crippen molar-refractivity contribution in [3.8, 4) is 11.5 Å². The van der Waals surface area contributed by atoms with E-state index in [0.29, 0.717) is 6.61 Å². The van der Waals surface area contributed by atoms with Crippen LogP contribution in [0.25, 0.3) is 10.9 Å². The highest BCUT2D eigenvalue weighted by molar-refractivity contribution is 5.80. The smallest absolute Gasteiger partial charge is 0.137 e. The summed E-state index contributed by atoms with van der Waals surface area (Å²) in [5, 5.41) is 1.17. The first-order valence-corrected chi connectivity index (χ1v) is 7.24. The Labute approximate surface area is 123 Å². The number of fused-ring (bicyclic) bond motifs is 2. The van der Waals surface area contributed by atoms with Crippen LogP contribution in [0.2, 0.25) is 0 Å². The van der Waals surface area contributed by atoms with Gasteiger partial charge < -0.3 is 14.5 Å². The van der Waals surface area contributed by atoms with Crippen LogP contribution in [0.4, 0.5) is 0 Å². The van der Waals surface area contributed by atoms with Gasteiger partial charge in [-0.2, -0.15) is 0 Å². The van der Waals surface area contributed by atoms with E-state index in [1.54, 1.807) is 0 Å². The lowest BCUT2D eigenvalue weighted by atomic mass is 10.1. The quantitative estimate of drug-likeness (QED) is 0.790. The maximum atomic E-state index is 5.92. The second-order valence-electron chi connectivity index (χ2n) is 5.59. The molecule has 106 valence electrons. The van der Waals surface area contributed by atoms with E-state index in [9.17, 15) is 0 Å². The molecule has 0 spiro atoms. The zero-order valence-electron chi connectivity index (χ0n) is 11.9. The van der Waals surface area contributed by atoms with E-state index in [2.05, 4.69) is 36.2 Å². The van der Waals surface area contributed by atoms with Crippen molar-refractivity contribution < 1.29 is 9.47 Å². The number of benzene rings is 2. The number of nitrogens with one attached hydrogen (secondary N) is 1. The van der Waals surface area contributed by atoms with E-state index in [-0.39, 0.29) is 6.10 Å². The summed E-state index contributed by atoms with van der Waals surface area (Å²) in [6, 6.07) is 14.5. The van der Waals surface area contributed by atoms with Crippen LogP contribution < -0.4 is 9.47 Å².